The third kappa shape index (κ3) is 4.48. The number of piperidine rings is 1. The quantitative estimate of drug-likeness (QED) is 0.492. The highest BCUT2D eigenvalue weighted by Gasteiger charge is 2.50. The summed E-state index contributed by atoms with van der Waals surface area (Å²) in [6.07, 6.45) is -11.7. The van der Waals surface area contributed by atoms with Gasteiger partial charge in [0.2, 0.25) is 6.10 Å². The second-order valence-corrected chi connectivity index (χ2v) is 8.20. The minimum Gasteiger partial charge on any atom is -0.431 e. The van der Waals surface area contributed by atoms with Crippen molar-refractivity contribution in [3.05, 3.63) is 35.3 Å². The fourth-order valence-electron chi connectivity index (χ4n) is 4.03. The number of ether oxygens (including phenoxy) is 1. The Morgan fingerprint density at radius 2 is 1.82 bits per heavy atom. The first-order valence-electron chi connectivity index (χ1n) is 9.85. The molecule has 178 valence electrons. The largest absolute Gasteiger partial charge is 0.431 e. The van der Waals surface area contributed by atoms with Crippen LogP contribution >= 0.6 is 9.24 Å². The molecule has 0 bridgehead atoms. The number of amides is 1. The van der Waals surface area contributed by atoms with Crippen LogP contribution in [0, 0.1) is 0 Å². The predicted octanol–water partition coefficient (Wildman–Crippen LogP) is 4.22. The number of hydrogen-bond acceptors (Lipinski definition) is 6. The van der Waals surface area contributed by atoms with Crippen LogP contribution in [0.1, 0.15) is 35.8 Å². The van der Waals surface area contributed by atoms with Gasteiger partial charge < -0.3 is 10.1 Å². The molecular weight excluding hydrogens is 475 g/mol. The highest BCUT2D eigenvalue weighted by Crippen LogP contribution is 2.46. The fourth-order valence-corrected chi connectivity index (χ4v) is 4.64. The number of hydrogen-bond donors (Lipinski definition) is 2. The maximum absolute atomic E-state index is 13.8. The summed E-state index contributed by atoms with van der Waals surface area (Å²) in [7, 11) is 2.52. The van der Waals surface area contributed by atoms with E-state index in [1.54, 1.807) is 0 Å². The van der Waals surface area contributed by atoms with Crippen molar-refractivity contribution in [1.82, 2.24) is 20.3 Å². The molecule has 1 fully saturated rings. The van der Waals surface area contributed by atoms with Crippen LogP contribution in [0.4, 0.5) is 37.0 Å². The molecule has 4 heterocycles. The van der Waals surface area contributed by atoms with Gasteiger partial charge in [-0.3, -0.25) is 10.3 Å². The molecule has 14 heteroatoms. The van der Waals surface area contributed by atoms with E-state index in [1.807, 2.05) is 5.32 Å². The standard InChI is InChI=1S/C19H18F6N5O2P/c20-18(21,22)9-5-10(29-11(6-9)17(7-33)1-3-26-4-2-17)13-12-14(19(23,24)25)32-16(31)30-15(12)28-8-27-13/h5-6,8,14,26H,1-4,7,33H2,(H,27,28,30,31)/t14-/m1/s1. The van der Waals surface area contributed by atoms with Crippen LogP contribution in [0.25, 0.3) is 11.4 Å². The summed E-state index contributed by atoms with van der Waals surface area (Å²) >= 11 is 0. The molecule has 2 aliphatic heterocycles. The summed E-state index contributed by atoms with van der Waals surface area (Å²) < 4.78 is 86.8. The van der Waals surface area contributed by atoms with Crippen molar-refractivity contribution in [2.75, 3.05) is 24.6 Å². The van der Waals surface area contributed by atoms with Crippen LogP contribution in [-0.4, -0.2) is 46.5 Å². The third-order valence-electron chi connectivity index (χ3n) is 5.78. The van der Waals surface area contributed by atoms with Crippen LogP contribution in [0.15, 0.2) is 18.5 Å². The normalized spacial score (nSPS) is 20.6. The van der Waals surface area contributed by atoms with Gasteiger partial charge in [0.15, 0.2) is 0 Å². The van der Waals surface area contributed by atoms with Gasteiger partial charge in [0.25, 0.3) is 0 Å². The molecule has 2 aliphatic rings. The van der Waals surface area contributed by atoms with E-state index in [0.29, 0.717) is 38.2 Å². The first-order chi connectivity index (χ1) is 15.4. The number of anilines is 1. The van der Waals surface area contributed by atoms with E-state index in [9.17, 15) is 31.1 Å². The molecule has 1 amide bonds. The van der Waals surface area contributed by atoms with Crippen LogP contribution in [0.2, 0.25) is 0 Å². The molecule has 0 aliphatic carbocycles. The zero-order valence-corrected chi connectivity index (χ0v) is 18.0. The summed E-state index contributed by atoms with van der Waals surface area (Å²) in [5.41, 5.74) is -3.28. The summed E-state index contributed by atoms with van der Waals surface area (Å²) in [6.45, 7) is 1.11. The van der Waals surface area contributed by atoms with Crippen molar-refractivity contribution in [2.24, 2.45) is 0 Å². The van der Waals surface area contributed by atoms with E-state index in [0.717, 1.165) is 12.4 Å². The van der Waals surface area contributed by atoms with Gasteiger partial charge in [0, 0.05) is 11.1 Å². The first-order valence-corrected chi connectivity index (χ1v) is 10.7. The predicted molar refractivity (Wildman–Crippen MR) is 108 cm³/mol. The second kappa shape index (κ2) is 8.35. The van der Waals surface area contributed by atoms with Gasteiger partial charge in [-0.2, -0.15) is 26.3 Å². The van der Waals surface area contributed by atoms with Crippen molar-refractivity contribution in [3.63, 3.8) is 0 Å². The number of nitrogens with zero attached hydrogens (tertiary/aromatic N) is 3. The van der Waals surface area contributed by atoms with Gasteiger partial charge in [-0.05, 0) is 44.2 Å². The highest BCUT2D eigenvalue weighted by molar-refractivity contribution is 7.16. The fraction of sp³-hybridized carbons (Fsp3) is 0.474. The third-order valence-corrected chi connectivity index (χ3v) is 6.56. The Labute approximate surface area is 185 Å². The number of pyridine rings is 1. The van der Waals surface area contributed by atoms with Crippen LogP contribution < -0.4 is 10.6 Å². The molecule has 0 aromatic carbocycles. The van der Waals surface area contributed by atoms with Gasteiger partial charge in [0.1, 0.15) is 17.8 Å². The van der Waals surface area contributed by atoms with Crippen molar-refractivity contribution in [3.8, 4) is 11.4 Å². The summed E-state index contributed by atoms with van der Waals surface area (Å²) in [4.78, 5) is 23.4. The number of rotatable bonds is 3. The van der Waals surface area contributed by atoms with Gasteiger partial charge in [-0.25, -0.2) is 14.8 Å². The van der Waals surface area contributed by atoms with E-state index in [4.69, 9.17) is 0 Å². The van der Waals surface area contributed by atoms with Gasteiger partial charge in [-0.15, -0.1) is 9.24 Å². The number of carbonyl (C=O) groups is 1. The number of halogens is 6. The molecule has 0 saturated carbocycles. The average Bonchev–Trinajstić information content (AvgIpc) is 2.77. The van der Waals surface area contributed by atoms with Gasteiger partial charge in [0.05, 0.1) is 16.8 Å². The number of cyclic esters (lactones) is 1. The number of alkyl halides is 6. The summed E-state index contributed by atoms with van der Waals surface area (Å²) in [5, 5.41) is 5.18. The molecule has 1 unspecified atom stereocenters. The lowest BCUT2D eigenvalue weighted by molar-refractivity contribution is -0.206. The summed E-state index contributed by atoms with van der Waals surface area (Å²) in [6, 6.07) is 1.58. The highest BCUT2D eigenvalue weighted by atomic mass is 31.0. The zero-order valence-electron chi connectivity index (χ0n) is 16.8. The van der Waals surface area contributed by atoms with Crippen LogP contribution in [0.5, 0.6) is 0 Å². The van der Waals surface area contributed by atoms with E-state index in [2.05, 4.69) is 34.2 Å². The molecule has 2 aromatic heterocycles. The Hall–Kier alpha value is -2.53. The number of fused-ring (bicyclic) bond motifs is 1. The lowest BCUT2D eigenvalue weighted by Crippen LogP contribution is -2.42. The molecule has 7 nitrogen and oxygen atoms in total. The Morgan fingerprint density at radius 3 is 2.42 bits per heavy atom. The van der Waals surface area contributed by atoms with E-state index >= 15 is 0 Å². The lowest BCUT2D eigenvalue weighted by Gasteiger charge is -2.37. The Morgan fingerprint density at radius 1 is 1.12 bits per heavy atom. The Balaban J connectivity index is 1.95. The number of nitrogens with one attached hydrogen (secondary N) is 2. The molecule has 2 aromatic rings. The van der Waals surface area contributed by atoms with Crippen LogP contribution in [0.3, 0.4) is 0 Å². The monoisotopic (exact) mass is 493 g/mol. The minimum absolute atomic E-state index is 0.112. The second-order valence-electron chi connectivity index (χ2n) is 7.80. The maximum Gasteiger partial charge on any atom is 0.430 e. The van der Waals surface area contributed by atoms with Gasteiger partial charge in [-0.1, -0.05) is 0 Å². The summed E-state index contributed by atoms with van der Waals surface area (Å²) in [5.74, 6) is -0.498. The first kappa shape index (κ1) is 23.6. The molecule has 0 radical (unpaired) electrons. The van der Waals surface area contributed by atoms with Crippen molar-refractivity contribution in [1.29, 1.82) is 0 Å². The van der Waals surface area contributed by atoms with Crippen molar-refractivity contribution < 1.29 is 35.9 Å². The van der Waals surface area contributed by atoms with E-state index < -0.39 is 58.3 Å². The maximum atomic E-state index is 13.8. The molecule has 33 heavy (non-hydrogen) atoms. The van der Waals surface area contributed by atoms with Crippen molar-refractivity contribution >= 4 is 21.2 Å². The SMILES string of the molecule is O=C1Nc2ncnc(-c3cc(C(F)(F)F)cc(C4(CP)CCNCC4)n3)c2[C@H](C(F)(F)F)O1. The molecule has 0 spiro atoms. The topological polar surface area (TPSA) is 89.0 Å². The van der Waals surface area contributed by atoms with E-state index in [-0.39, 0.29) is 5.69 Å². The Bertz CT molecular complexity index is 1070. The molecular formula is C19H18F6N5O2P. The Kier molecular flexibility index (Phi) is 5.98. The zero-order chi connectivity index (χ0) is 24.0. The van der Waals surface area contributed by atoms with E-state index in [1.165, 1.54) is 0 Å². The molecule has 2 N–H and O–H groups in total. The molecule has 4 rings (SSSR count). The molecule has 2 atom stereocenters. The van der Waals surface area contributed by atoms with Crippen LogP contribution in [-0.2, 0) is 16.3 Å². The van der Waals surface area contributed by atoms with Gasteiger partial charge >= 0.3 is 18.4 Å². The molecule has 1 saturated heterocycles. The smallest absolute Gasteiger partial charge is 0.430 e. The number of aromatic nitrogens is 3. The van der Waals surface area contributed by atoms with Crippen molar-refractivity contribution in [2.45, 2.75) is 36.7 Å². The number of carbonyl (C=O) groups excluding carboxylic acids is 1. The average molecular weight is 493 g/mol. The lowest BCUT2D eigenvalue weighted by atomic mass is 9.77. The minimum atomic E-state index is -5.05.